The molecule has 0 N–H and O–H groups in total. The molecule has 0 radical (unpaired) electrons. The molecule has 4 heteroatoms. The molecule has 0 fully saturated rings. The molecule has 0 unspecified atom stereocenters. The summed E-state index contributed by atoms with van der Waals surface area (Å²) in [6.07, 6.45) is 7.04. The summed E-state index contributed by atoms with van der Waals surface area (Å²) in [6.45, 7) is 6.18. The molecule has 2 heterocycles. The lowest BCUT2D eigenvalue weighted by Gasteiger charge is -2.11. The molecule has 0 saturated heterocycles. The molecule has 0 atom stereocenters. The predicted molar refractivity (Wildman–Crippen MR) is 57.4 cm³/mol. The monoisotopic (exact) mass is 200 g/mol. The normalized spacial score (nSPS) is 11.6. The van der Waals surface area contributed by atoms with Crippen molar-refractivity contribution in [2.45, 2.75) is 26.2 Å². The molecule has 0 aromatic carbocycles. The van der Waals surface area contributed by atoms with Gasteiger partial charge in [-0.3, -0.25) is 0 Å². The molecular weight excluding hydrogens is 188 g/mol. The quantitative estimate of drug-likeness (QED) is 0.604. The smallest absolute Gasteiger partial charge is 0.204 e. The largest absolute Gasteiger partial charge is 0.253 e. The first kappa shape index (κ1) is 9.66. The lowest BCUT2D eigenvalue weighted by Crippen LogP contribution is -2.13. The topological polar surface area (TPSA) is 43.1 Å². The van der Waals surface area contributed by atoms with E-state index in [2.05, 4.69) is 41.8 Å². The zero-order chi connectivity index (χ0) is 11.1. The van der Waals surface area contributed by atoms with Gasteiger partial charge in [-0.05, 0) is 6.07 Å². The van der Waals surface area contributed by atoms with Gasteiger partial charge in [-0.2, -0.15) is 4.98 Å². The van der Waals surface area contributed by atoms with Gasteiger partial charge in [0.15, 0.2) is 5.82 Å². The van der Waals surface area contributed by atoms with Gasteiger partial charge in [0.1, 0.15) is 5.69 Å². The fraction of sp³-hybridized carbons (Fsp3) is 0.364. The lowest BCUT2D eigenvalue weighted by atomic mass is 9.96. The summed E-state index contributed by atoms with van der Waals surface area (Å²) in [5, 5.41) is 4.33. The molecule has 0 spiro atoms. The van der Waals surface area contributed by atoms with Crippen molar-refractivity contribution in [1.29, 1.82) is 0 Å². The summed E-state index contributed by atoms with van der Waals surface area (Å²) in [5.74, 6) is 3.79. The third-order valence-corrected chi connectivity index (χ3v) is 2.03. The Bertz CT molecular complexity index is 540. The summed E-state index contributed by atoms with van der Waals surface area (Å²) in [4.78, 5) is 8.52. The Kier molecular flexibility index (Phi) is 1.97. The number of terminal acetylenes is 1. The van der Waals surface area contributed by atoms with Gasteiger partial charge in [0.25, 0.3) is 5.78 Å². The minimum atomic E-state index is -0.0794. The fourth-order valence-corrected chi connectivity index (χ4v) is 1.18. The summed E-state index contributed by atoms with van der Waals surface area (Å²) in [5.41, 5.74) is 0.500. The average molecular weight is 200 g/mol. The van der Waals surface area contributed by atoms with E-state index in [1.807, 2.05) is 0 Å². The van der Waals surface area contributed by atoms with Crippen molar-refractivity contribution in [3.05, 3.63) is 23.8 Å². The van der Waals surface area contributed by atoms with Gasteiger partial charge in [0, 0.05) is 11.6 Å². The van der Waals surface area contributed by atoms with Gasteiger partial charge in [0.2, 0.25) is 0 Å². The average Bonchev–Trinajstić information content (AvgIpc) is 2.59. The van der Waals surface area contributed by atoms with Crippen LogP contribution in [0.2, 0.25) is 0 Å². The summed E-state index contributed by atoms with van der Waals surface area (Å²) < 4.78 is 1.64. The maximum absolute atomic E-state index is 5.26. The van der Waals surface area contributed by atoms with Crippen LogP contribution in [0, 0.1) is 12.3 Å². The number of hydrogen-bond acceptors (Lipinski definition) is 3. The second-order valence-electron chi connectivity index (χ2n) is 4.39. The van der Waals surface area contributed by atoms with Gasteiger partial charge in [-0.1, -0.05) is 26.7 Å². The number of fused-ring (bicyclic) bond motifs is 1. The fourth-order valence-electron chi connectivity index (χ4n) is 1.18. The maximum atomic E-state index is 5.26. The first-order valence-corrected chi connectivity index (χ1v) is 4.71. The number of aromatic nitrogens is 4. The van der Waals surface area contributed by atoms with Crippen molar-refractivity contribution in [2.24, 2.45) is 0 Å². The predicted octanol–water partition coefficient (Wildman–Crippen LogP) is 1.40. The SMILES string of the molecule is C#Cc1ccn2nc(C(C)(C)C)nc2n1. The molecule has 0 aliphatic heterocycles. The Morgan fingerprint density at radius 3 is 2.67 bits per heavy atom. The van der Waals surface area contributed by atoms with Crippen LogP contribution in [0.15, 0.2) is 12.3 Å². The van der Waals surface area contributed by atoms with Crippen LogP contribution in [0.3, 0.4) is 0 Å². The van der Waals surface area contributed by atoms with E-state index in [0.717, 1.165) is 5.82 Å². The minimum Gasteiger partial charge on any atom is -0.204 e. The molecule has 0 bridgehead atoms. The third kappa shape index (κ3) is 1.68. The second-order valence-corrected chi connectivity index (χ2v) is 4.39. The number of rotatable bonds is 0. The molecule has 2 aromatic rings. The van der Waals surface area contributed by atoms with E-state index in [9.17, 15) is 0 Å². The van der Waals surface area contributed by atoms with E-state index in [4.69, 9.17) is 6.42 Å². The van der Waals surface area contributed by atoms with Crippen molar-refractivity contribution in [3.63, 3.8) is 0 Å². The van der Waals surface area contributed by atoms with E-state index in [1.165, 1.54) is 0 Å². The molecule has 76 valence electrons. The highest BCUT2D eigenvalue weighted by Gasteiger charge is 2.19. The number of hydrogen-bond donors (Lipinski definition) is 0. The lowest BCUT2D eigenvalue weighted by molar-refractivity contribution is 0.545. The maximum Gasteiger partial charge on any atom is 0.253 e. The van der Waals surface area contributed by atoms with E-state index in [0.29, 0.717) is 11.5 Å². The van der Waals surface area contributed by atoms with Crippen LogP contribution in [0.4, 0.5) is 0 Å². The van der Waals surface area contributed by atoms with Gasteiger partial charge in [0.05, 0.1) is 0 Å². The molecule has 15 heavy (non-hydrogen) atoms. The summed E-state index contributed by atoms with van der Waals surface area (Å²) >= 11 is 0. The Morgan fingerprint density at radius 1 is 1.33 bits per heavy atom. The zero-order valence-electron chi connectivity index (χ0n) is 9.02. The Morgan fingerprint density at radius 2 is 2.07 bits per heavy atom. The van der Waals surface area contributed by atoms with Gasteiger partial charge < -0.3 is 0 Å². The molecule has 0 amide bonds. The van der Waals surface area contributed by atoms with E-state index in [1.54, 1.807) is 16.8 Å². The Labute approximate surface area is 88.4 Å². The van der Waals surface area contributed by atoms with Crippen LogP contribution in [-0.2, 0) is 5.41 Å². The third-order valence-electron chi connectivity index (χ3n) is 2.03. The molecule has 2 rings (SSSR count). The van der Waals surface area contributed by atoms with E-state index in [-0.39, 0.29) is 5.41 Å². The molecule has 0 aliphatic carbocycles. The van der Waals surface area contributed by atoms with Crippen molar-refractivity contribution in [3.8, 4) is 12.3 Å². The number of nitrogens with zero attached hydrogens (tertiary/aromatic N) is 4. The van der Waals surface area contributed by atoms with Crippen LogP contribution in [0.25, 0.3) is 5.78 Å². The standard InChI is InChI=1S/C11H12N4/c1-5-8-6-7-15-10(12-8)13-9(14-15)11(2,3)4/h1,6-7H,2-4H3. The molecule has 0 aliphatic rings. The van der Waals surface area contributed by atoms with Gasteiger partial charge in [-0.25, -0.2) is 9.50 Å². The second kappa shape index (κ2) is 3.06. The minimum absolute atomic E-state index is 0.0794. The van der Waals surface area contributed by atoms with Crippen molar-refractivity contribution in [2.75, 3.05) is 0 Å². The first-order valence-electron chi connectivity index (χ1n) is 4.71. The zero-order valence-corrected chi connectivity index (χ0v) is 9.02. The Balaban J connectivity index is 2.62. The van der Waals surface area contributed by atoms with Crippen LogP contribution >= 0.6 is 0 Å². The Hall–Kier alpha value is -1.89. The molecule has 0 saturated carbocycles. The van der Waals surface area contributed by atoms with E-state index < -0.39 is 0 Å². The van der Waals surface area contributed by atoms with Crippen LogP contribution in [0.1, 0.15) is 32.3 Å². The molecular formula is C11H12N4. The molecule has 2 aromatic heterocycles. The van der Waals surface area contributed by atoms with Crippen LogP contribution in [0.5, 0.6) is 0 Å². The van der Waals surface area contributed by atoms with Gasteiger partial charge in [-0.15, -0.1) is 11.5 Å². The summed E-state index contributed by atoms with van der Waals surface area (Å²) in [6, 6.07) is 1.74. The summed E-state index contributed by atoms with van der Waals surface area (Å²) in [7, 11) is 0. The highest BCUT2D eigenvalue weighted by molar-refractivity contribution is 5.34. The van der Waals surface area contributed by atoms with Crippen molar-refractivity contribution < 1.29 is 0 Å². The first-order chi connectivity index (χ1) is 7.00. The van der Waals surface area contributed by atoms with E-state index >= 15 is 0 Å². The molecule has 4 nitrogen and oxygen atoms in total. The van der Waals surface area contributed by atoms with Crippen LogP contribution in [-0.4, -0.2) is 19.6 Å². The highest BCUT2D eigenvalue weighted by atomic mass is 15.3. The highest BCUT2D eigenvalue weighted by Crippen LogP contribution is 2.18. The van der Waals surface area contributed by atoms with Gasteiger partial charge >= 0.3 is 0 Å². The van der Waals surface area contributed by atoms with Crippen LogP contribution < -0.4 is 0 Å². The van der Waals surface area contributed by atoms with Crippen molar-refractivity contribution >= 4 is 5.78 Å². The van der Waals surface area contributed by atoms with Crippen molar-refractivity contribution in [1.82, 2.24) is 19.6 Å².